The van der Waals surface area contributed by atoms with Crippen LogP contribution in [0.15, 0.2) is 12.2 Å². The molecule has 2 fully saturated rings. The fraction of sp³-hybridized carbons (Fsp3) is 0.667. The Bertz CT molecular complexity index is 334. The van der Waals surface area contributed by atoms with Gasteiger partial charge in [-0.25, -0.2) is 9.59 Å². The lowest BCUT2D eigenvalue weighted by atomic mass is 9.85. The summed E-state index contributed by atoms with van der Waals surface area (Å²) in [6, 6.07) is 0. The van der Waals surface area contributed by atoms with Crippen LogP contribution in [0.4, 0.5) is 0 Å². The van der Waals surface area contributed by atoms with Crippen LogP contribution in [0, 0.1) is 5.92 Å². The van der Waals surface area contributed by atoms with Gasteiger partial charge in [0.15, 0.2) is 0 Å². The van der Waals surface area contributed by atoms with Crippen LogP contribution in [0.25, 0.3) is 0 Å². The van der Waals surface area contributed by atoms with E-state index in [1.807, 2.05) is 0 Å². The zero-order valence-corrected chi connectivity index (χ0v) is 9.40. The molecule has 4 nitrogen and oxygen atoms in total. The molecule has 16 heavy (non-hydrogen) atoms. The van der Waals surface area contributed by atoms with E-state index in [4.69, 9.17) is 9.47 Å². The van der Waals surface area contributed by atoms with Gasteiger partial charge in [0.05, 0.1) is 0 Å². The van der Waals surface area contributed by atoms with Crippen molar-refractivity contribution in [3.8, 4) is 0 Å². The van der Waals surface area contributed by atoms with Gasteiger partial charge in [-0.15, -0.1) is 0 Å². The number of carbonyl (C=O) groups excluding carboxylic acids is 2. The van der Waals surface area contributed by atoms with Crippen molar-refractivity contribution in [3.63, 3.8) is 0 Å². The molecular formula is C12H16O4. The van der Waals surface area contributed by atoms with Crippen LogP contribution in [0.3, 0.4) is 0 Å². The Kier molecular flexibility index (Phi) is 2.99. The Balaban J connectivity index is 2.05. The van der Waals surface area contributed by atoms with Crippen LogP contribution >= 0.6 is 0 Å². The van der Waals surface area contributed by atoms with E-state index in [0.29, 0.717) is 5.57 Å². The maximum Gasteiger partial charge on any atom is 0.348 e. The van der Waals surface area contributed by atoms with E-state index in [1.54, 1.807) is 6.92 Å². The van der Waals surface area contributed by atoms with Gasteiger partial charge in [-0.05, 0) is 26.2 Å². The third kappa shape index (κ3) is 1.96. The molecule has 0 aromatic rings. The van der Waals surface area contributed by atoms with Gasteiger partial charge in [0.1, 0.15) is 6.10 Å². The summed E-state index contributed by atoms with van der Waals surface area (Å²) in [5.41, 5.74) is 0.312. The van der Waals surface area contributed by atoms with Crippen molar-refractivity contribution in [1.29, 1.82) is 0 Å². The Labute approximate surface area is 94.6 Å². The number of rotatable bonds is 2. The van der Waals surface area contributed by atoms with Gasteiger partial charge < -0.3 is 9.47 Å². The fourth-order valence-electron chi connectivity index (χ4n) is 2.36. The van der Waals surface area contributed by atoms with Crippen molar-refractivity contribution >= 4 is 11.9 Å². The SMILES string of the molecule is C=C(C)C(=O)OC1C(=O)OC2CCCCC21. The van der Waals surface area contributed by atoms with Gasteiger partial charge in [-0.2, -0.15) is 0 Å². The molecule has 2 aliphatic rings. The minimum absolute atomic E-state index is 0.0459. The summed E-state index contributed by atoms with van der Waals surface area (Å²) in [6.45, 7) is 5.07. The smallest absolute Gasteiger partial charge is 0.348 e. The molecule has 1 saturated heterocycles. The van der Waals surface area contributed by atoms with Crippen molar-refractivity contribution in [2.24, 2.45) is 5.92 Å². The Morgan fingerprint density at radius 1 is 1.44 bits per heavy atom. The van der Waals surface area contributed by atoms with Crippen molar-refractivity contribution in [3.05, 3.63) is 12.2 Å². The number of hydrogen-bond donors (Lipinski definition) is 0. The van der Waals surface area contributed by atoms with E-state index in [0.717, 1.165) is 25.7 Å². The minimum Gasteiger partial charge on any atom is -0.459 e. The van der Waals surface area contributed by atoms with Crippen LogP contribution in [0.1, 0.15) is 32.6 Å². The second-order valence-corrected chi connectivity index (χ2v) is 4.53. The molecule has 0 aromatic carbocycles. The second kappa shape index (κ2) is 4.28. The molecule has 2 rings (SSSR count). The summed E-state index contributed by atoms with van der Waals surface area (Å²) in [4.78, 5) is 23.0. The molecule has 0 bridgehead atoms. The van der Waals surface area contributed by atoms with Crippen molar-refractivity contribution in [2.75, 3.05) is 0 Å². The number of hydrogen-bond acceptors (Lipinski definition) is 4. The first-order valence-corrected chi connectivity index (χ1v) is 5.66. The zero-order chi connectivity index (χ0) is 11.7. The topological polar surface area (TPSA) is 52.6 Å². The Morgan fingerprint density at radius 2 is 2.12 bits per heavy atom. The van der Waals surface area contributed by atoms with Gasteiger partial charge in [0.2, 0.25) is 6.10 Å². The fourth-order valence-corrected chi connectivity index (χ4v) is 2.36. The largest absolute Gasteiger partial charge is 0.459 e. The maximum absolute atomic E-state index is 11.6. The van der Waals surface area contributed by atoms with Crippen LogP contribution in [-0.4, -0.2) is 24.1 Å². The molecule has 0 radical (unpaired) electrons. The van der Waals surface area contributed by atoms with E-state index < -0.39 is 18.0 Å². The van der Waals surface area contributed by atoms with E-state index in [-0.39, 0.29) is 12.0 Å². The van der Waals surface area contributed by atoms with E-state index in [1.165, 1.54) is 0 Å². The summed E-state index contributed by atoms with van der Waals surface area (Å²) in [5.74, 6) is -0.857. The predicted molar refractivity (Wildman–Crippen MR) is 56.5 cm³/mol. The average Bonchev–Trinajstić information content (AvgIpc) is 2.55. The Morgan fingerprint density at radius 3 is 2.81 bits per heavy atom. The molecule has 3 unspecified atom stereocenters. The molecule has 4 heteroatoms. The summed E-state index contributed by atoms with van der Waals surface area (Å²) >= 11 is 0. The molecule has 0 amide bonds. The molecule has 0 spiro atoms. The number of ether oxygens (including phenoxy) is 2. The standard InChI is InChI=1S/C12H16O4/c1-7(2)11(13)16-10-8-5-3-4-6-9(8)15-12(10)14/h8-10H,1,3-6H2,2H3. The van der Waals surface area contributed by atoms with Gasteiger partial charge >= 0.3 is 11.9 Å². The molecule has 88 valence electrons. The van der Waals surface area contributed by atoms with Crippen LogP contribution in [-0.2, 0) is 19.1 Å². The highest BCUT2D eigenvalue weighted by Gasteiger charge is 2.47. The van der Waals surface area contributed by atoms with Gasteiger partial charge in [-0.3, -0.25) is 0 Å². The third-order valence-electron chi connectivity index (χ3n) is 3.22. The first-order valence-electron chi connectivity index (χ1n) is 5.66. The van der Waals surface area contributed by atoms with Crippen molar-refractivity contribution in [2.45, 2.75) is 44.8 Å². The lowest BCUT2D eigenvalue weighted by Crippen LogP contribution is -2.32. The normalized spacial score (nSPS) is 32.8. The van der Waals surface area contributed by atoms with E-state index in [2.05, 4.69) is 6.58 Å². The van der Waals surface area contributed by atoms with Gasteiger partial charge in [0, 0.05) is 11.5 Å². The molecule has 1 aliphatic heterocycles. The number of fused-ring (bicyclic) bond motifs is 1. The molecular weight excluding hydrogens is 208 g/mol. The highest BCUT2D eigenvalue weighted by molar-refractivity contribution is 5.90. The minimum atomic E-state index is -0.713. The average molecular weight is 224 g/mol. The van der Waals surface area contributed by atoms with E-state index >= 15 is 0 Å². The lowest BCUT2D eigenvalue weighted by molar-refractivity contribution is -0.159. The number of carbonyl (C=O) groups is 2. The lowest BCUT2D eigenvalue weighted by Gasteiger charge is -2.24. The summed E-state index contributed by atoms with van der Waals surface area (Å²) in [6.07, 6.45) is 3.16. The summed E-state index contributed by atoms with van der Waals surface area (Å²) < 4.78 is 10.4. The zero-order valence-electron chi connectivity index (χ0n) is 9.40. The first kappa shape index (κ1) is 11.2. The van der Waals surface area contributed by atoms with Crippen molar-refractivity contribution in [1.82, 2.24) is 0 Å². The molecule has 3 atom stereocenters. The van der Waals surface area contributed by atoms with Crippen LogP contribution in [0.5, 0.6) is 0 Å². The highest BCUT2D eigenvalue weighted by atomic mass is 16.6. The highest BCUT2D eigenvalue weighted by Crippen LogP contribution is 2.36. The first-order chi connectivity index (χ1) is 7.59. The Hall–Kier alpha value is -1.32. The predicted octanol–water partition coefficient (Wildman–Crippen LogP) is 1.59. The van der Waals surface area contributed by atoms with Crippen molar-refractivity contribution < 1.29 is 19.1 Å². The van der Waals surface area contributed by atoms with Gasteiger partial charge in [-0.1, -0.05) is 13.0 Å². The van der Waals surface area contributed by atoms with Gasteiger partial charge in [0.25, 0.3) is 0 Å². The summed E-state index contributed by atoms with van der Waals surface area (Å²) in [5, 5.41) is 0. The molecule has 1 aliphatic carbocycles. The molecule has 1 heterocycles. The quantitative estimate of drug-likeness (QED) is 0.528. The monoisotopic (exact) mass is 224 g/mol. The molecule has 0 N–H and O–H groups in total. The van der Waals surface area contributed by atoms with E-state index in [9.17, 15) is 9.59 Å². The van der Waals surface area contributed by atoms with Crippen LogP contribution < -0.4 is 0 Å². The molecule has 1 saturated carbocycles. The number of esters is 2. The summed E-state index contributed by atoms with van der Waals surface area (Å²) in [7, 11) is 0. The third-order valence-corrected chi connectivity index (χ3v) is 3.22. The molecule has 0 aromatic heterocycles. The second-order valence-electron chi connectivity index (χ2n) is 4.53. The van der Waals surface area contributed by atoms with Crippen LogP contribution in [0.2, 0.25) is 0 Å². The maximum atomic E-state index is 11.6.